The summed E-state index contributed by atoms with van der Waals surface area (Å²) in [5, 5.41) is 26.2. The van der Waals surface area contributed by atoms with E-state index in [9.17, 15) is 19.8 Å². The summed E-state index contributed by atoms with van der Waals surface area (Å²) < 4.78 is 11.0. The lowest BCUT2D eigenvalue weighted by atomic mass is 9.83. The van der Waals surface area contributed by atoms with Gasteiger partial charge in [0.05, 0.1) is 26.4 Å². The molecule has 0 aliphatic carbocycles. The highest BCUT2D eigenvalue weighted by Gasteiger charge is 2.20. The predicted molar refractivity (Wildman–Crippen MR) is 163 cm³/mol. The second-order valence-electron chi connectivity index (χ2n) is 11.6. The maximum absolute atomic E-state index is 12.2. The maximum atomic E-state index is 12.2. The fourth-order valence-corrected chi connectivity index (χ4v) is 4.43. The first-order valence-electron chi connectivity index (χ1n) is 14.3. The molecule has 0 atom stereocenters. The van der Waals surface area contributed by atoms with Crippen molar-refractivity contribution < 1.29 is 29.3 Å². The molecule has 8 heteroatoms. The van der Waals surface area contributed by atoms with Crippen LogP contribution in [0.25, 0.3) is 5.57 Å². The number of nitrogens with one attached hydrogen (secondary N) is 2. The van der Waals surface area contributed by atoms with Crippen molar-refractivity contribution in [2.24, 2.45) is 0 Å². The van der Waals surface area contributed by atoms with E-state index in [0.717, 1.165) is 33.4 Å². The van der Waals surface area contributed by atoms with Gasteiger partial charge in [0, 0.05) is 31.5 Å². The van der Waals surface area contributed by atoms with Crippen LogP contribution in [-0.4, -0.2) is 61.5 Å². The molecule has 0 unspecified atom stereocenters. The summed E-state index contributed by atoms with van der Waals surface area (Å²) in [6.45, 7) is 18.1. The lowest BCUT2D eigenvalue weighted by Gasteiger charge is -2.22. The number of amides is 2. The Hall–Kier alpha value is -3.36. The lowest BCUT2D eigenvalue weighted by Crippen LogP contribution is -2.28. The van der Waals surface area contributed by atoms with Gasteiger partial charge in [-0.2, -0.15) is 0 Å². The molecule has 4 N–H and O–H groups in total. The van der Waals surface area contributed by atoms with Gasteiger partial charge in [0.25, 0.3) is 0 Å². The van der Waals surface area contributed by atoms with Crippen LogP contribution >= 0.6 is 0 Å². The van der Waals surface area contributed by atoms with Crippen LogP contribution in [0.3, 0.4) is 0 Å². The summed E-state index contributed by atoms with van der Waals surface area (Å²) in [6.07, 6.45) is 1.90. The molecule has 0 aliphatic rings. The fourth-order valence-electron chi connectivity index (χ4n) is 4.43. The molecule has 0 bridgehead atoms. The van der Waals surface area contributed by atoms with E-state index in [0.29, 0.717) is 76.5 Å². The average Bonchev–Trinajstić information content (AvgIpc) is 2.89. The third-order valence-electron chi connectivity index (χ3n) is 6.78. The van der Waals surface area contributed by atoms with Gasteiger partial charge in [-0.05, 0) is 78.5 Å². The number of rotatable bonds is 16. The number of aryl methyl sites for hydroxylation is 4. The number of phenols is 2. The van der Waals surface area contributed by atoms with Gasteiger partial charge in [0.1, 0.15) is 11.5 Å². The molecule has 2 amide bonds. The molecule has 2 aromatic rings. The topological polar surface area (TPSA) is 117 Å². The van der Waals surface area contributed by atoms with E-state index in [-0.39, 0.29) is 23.0 Å². The summed E-state index contributed by atoms with van der Waals surface area (Å²) >= 11 is 0. The van der Waals surface area contributed by atoms with E-state index in [2.05, 4.69) is 38.0 Å². The minimum Gasteiger partial charge on any atom is -0.507 e. The number of carbonyl (C=O) groups excluding carboxylic acids is 2. The standard InChI is InChI=1S/C33H48N2O6/c1-22(2)27-20-25(18-23(3)31(27)38)8-10-29(36)34-12-14-40-16-17-41-15-13-35-30(37)11-9-26-19-24(4)32(39)28(21-26)33(5,6)7/h18-21,38-39H,1,8-17H2,2-7H3,(H,34,36)(H,35,37). The van der Waals surface area contributed by atoms with Crippen molar-refractivity contribution in [3.8, 4) is 11.5 Å². The molecule has 2 rings (SSSR count). The molecular weight excluding hydrogens is 520 g/mol. The highest BCUT2D eigenvalue weighted by molar-refractivity contribution is 5.76. The zero-order valence-corrected chi connectivity index (χ0v) is 25.6. The first-order chi connectivity index (χ1) is 19.3. The molecule has 0 saturated carbocycles. The molecule has 0 spiro atoms. The molecule has 0 radical (unpaired) electrons. The SMILES string of the molecule is C=C(C)c1cc(CCC(=O)NCCOCCOCCNC(=O)CCc2cc(C)c(O)c(C(C)(C)C)c2)cc(C)c1O. The predicted octanol–water partition coefficient (Wildman–Crippen LogP) is 4.88. The first kappa shape index (κ1) is 33.8. The molecule has 41 heavy (non-hydrogen) atoms. The summed E-state index contributed by atoms with van der Waals surface area (Å²) in [5.41, 5.74) is 5.84. The zero-order chi connectivity index (χ0) is 30.6. The highest BCUT2D eigenvalue weighted by Crippen LogP contribution is 2.34. The Balaban J connectivity index is 1.52. The van der Waals surface area contributed by atoms with Gasteiger partial charge in [-0.1, -0.05) is 45.5 Å². The van der Waals surface area contributed by atoms with Crippen molar-refractivity contribution in [1.82, 2.24) is 10.6 Å². The van der Waals surface area contributed by atoms with Crippen LogP contribution in [0.4, 0.5) is 0 Å². The molecule has 8 nitrogen and oxygen atoms in total. The first-order valence-corrected chi connectivity index (χ1v) is 14.3. The van der Waals surface area contributed by atoms with Crippen LogP contribution in [0, 0.1) is 13.8 Å². The smallest absolute Gasteiger partial charge is 0.220 e. The third kappa shape index (κ3) is 11.6. The summed E-state index contributed by atoms with van der Waals surface area (Å²) in [4.78, 5) is 24.4. The van der Waals surface area contributed by atoms with Crippen LogP contribution in [0.1, 0.15) is 73.9 Å². The quantitative estimate of drug-likeness (QED) is 0.215. The second kappa shape index (κ2) is 16.2. The normalized spacial score (nSPS) is 11.4. The van der Waals surface area contributed by atoms with Crippen molar-refractivity contribution in [2.45, 2.75) is 72.6 Å². The van der Waals surface area contributed by atoms with E-state index in [4.69, 9.17) is 9.47 Å². The van der Waals surface area contributed by atoms with Gasteiger partial charge in [0.2, 0.25) is 11.8 Å². The summed E-state index contributed by atoms with van der Waals surface area (Å²) in [5.74, 6) is 0.466. The van der Waals surface area contributed by atoms with Gasteiger partial charge in [0.15, 0.2) is 0 Å². The monoisotopic (exact) mass is 568 g/mol. The summed E-state index contributed by atoms with van der Waals surface area (Å²) in [6, 6.07) is 7.70. The number of aromatic hydroxyl groups is 2. The molecule has 0 aromatic heterocycles. The molecule has 0 aliphatic heterocycles. The minimum absolute atomic E-state index is 0.0413. The van der Waals surface area contributed by atoms with Crippen molar-refractivity contribution >= 4 is 17.4 Å². The molecule has 0 fully saturated rings. The Morgan fingerprint density at radius 1 is 0.780 bits per heavy atom. The Morgan fingerprint density at radius 3 is 1.71 bits per heavy atom. The number of allylic oxidation sites excluding steroid dienone is 1. The van der Waals surface area contributed by atoms with E-state index >= 15 is 0 Å². The Bertz CT molecular complexity index is 1200. The van der Waals surface area contributed by atoms with Crippen molar-refractivity contribution in [3.63, 3.8) is 0 Å². The van der Waals surface area contributed by atoms with Crippen molar-refractivity contribution in [3.05, 3.63) is 64.2 Å². The Morgan fingerprint density at radius 2 is 1.24 bits per heavy atom. The van der Waals surface area contributed by atoms with Gasteiger partial charge in [-0.15, -0.1) is 0 Å². The van der Waals surface area contributed by atoms with Gasteiger partial charge < -0.3 is 30.3 Å². The number of carbonyl (C=O) groups is 2. The van der Waals surface area contributed by atoms with Crippen LogP contribution in [0.5, 0.6) is 11.5 Å². The zero-order valence-electron chi connectivity index (χ0n) is 25.6. The third-order valence-corrected chi connectivity index (χ3v) is 6.78. The van der Waals surface area contributed by atoms with Crippen LogP contribution in [-0.2, 0) is 37.3 Å². The van der Waals surface area contributed by atoms with Gasteiger partial charge in [-0.3, -0.25) is 9.59 Å². The number of benzene rings is 2. The Kier molecular flexibility index (Phi) is 13.4. The second-order valence-corrected chi connectivity index (χ2v) is 11.6. The molecule has 226 valence electrons. The molecule has 2 aromatic carbocycles. The average molecular weight is 569 g/mol. The number of hydrogen-bond acceptors (Lipinski definition) is 6. The van der Waals surface area contributed by atoms with E-state index < -0.39 is 0 Å². The maximum Gasteiger partial charge on any atom is 0.220 e. The molecule has 0 saturated heterocycles. The van der Waals surface area contributed by atoms with Crippen molar-refractivity contribution in [1.29, 1.82) is 0 Å². The largest absolute Gasteiger partial charge is 0.507 e. The number of phenolic OH excluding ortho intramolecular Hbond substituents is 2. The van der Waals surface area contributed by atoms with Crippen LogP contribution < -0.4 is 10.6 Å². The lowest BCUT2D eigenvalue weighted by molar-refractivity contribution is -0.122. The van der Waals surface area contributed by atoms with Crippen molar-refractivity contribution in [2.75, 3.05) is 39.5 Å². The highest BCUT2D eigenvalue weighted by atomic mass is 16.5. The van der Waals surface area contributed by atoms with E-state index in [1.54, 1.807) is 0 Å². The summed E-state index contributed by atoms with van der Waals surface area (Å²) in [7, 11) is 0. The molecular formula is C33H48N2O6. The van der Waals surface area contributed by atoms with E-state index in [1.807, 2.05) is 45.0 Å². The Labute approximate surface area is 245 Å². The minimum atomic E-state index is -0.174. The van der Waals surface area contributed by atoms with E-state index in [1.165, 1.54) is 0 Å². The fraction of sp³-hybridized carbons (Fsp3) is 0.515. The van der Waals surface area contributed by atoms with Crippen LogP contribution in [0.15, 0.2) is 30.8 Å². The van der Waals surface area contributed by atoms with Crippen LogP contribution in [0.2, 0.25) is 0 Å². The number of hydrogen-bond donors (Lipinski definition) is 4. The van der Waals surface area contributed by atoms with Gasteiger partial charge in [-0.25, -0.2) is 0 Å². The number of ether oxygens (including phenoxy) is 2. The van der Waals surface area contributed by atoms with Gasteiger partial charge >= 0.3 is 0 Å². The molecule has 0 heterocycles.